The van der Waals surface area contributed by atoms with Crippen molar-refractivity contribution in [3.8, 4) is 0 Å². The smallest absolute Gasteiger partial charge is 0.290 e. The summed E-state index contributed by atoms with van der Waals surface area (Å²) < 4.78 is 5.59. The molecule has 1 aromatic carbocycles. The minimum atomic E-state index is -0.732. The van der Waals surface area contributed by atoms with E-state index in [0.717, 1.165) is 12.8 Å². The molecule has 1 fully saturated rings. The van der Waals surface area contributed by atoms with Gasteiger partial charge in [-0.1, -0.05) is 29.3 Å². The number of halogens is 2. The van der Waals surface area contributed by atoms with Gasteiger partial charge in [0.2, 0.25) is 0 Å². The average Bonchev–Trinajstić information content (AvgIpc) is 3.10. The molecule has 1 N–H and O–H groups in total. The van der Waals surface area contributed by atoms with E-state index in [2.05, 4.69) is 0 Å². The van der Waals surface area contributed by atoms with Crippen LogP contribution in [0.15, 0.2) is 29.5 Å². The van der Waals surface area contributed by atoms with Crippen molar-refractivity contribution in [2.45, 2.75) is 31.9 Å². The lowest BCUT2D eigenvalue weighted by Gasteiger charge is -2.29. The van der Waals surface area contributed by atoms with Crippen LogP contribution in [0.3, 0.4) is 0 Å². The first-order chi connectivity index (χ1) is 11.4. The first kappa shape index (κ1) is 17.3. The predicted octanol–water partition coefficient (Wildman–Crippen LogP) is 3.46. The SMILES string of the molecule is CC(=O)C1=C(O)C(=O)N(C[C@@H]2CCCO2)[C@@H]1c1ccc(Cl)cc1Cl. The van der Waals surface area contributed by atoms with E-state index in [1.807, 2.05) is 0 Å². The molecule has 0 saturated carbocycles. The number of carbonyl (C=O) groups excluding carboxylic acids is 2. The first-order valence-electron chi connectivity index (χ1n) is 7.71. The van der Waals surface area contributed by atoms with Crippen LogP contribution in [0.1, 0.15) is 31.4 Å². The molecule has 2 atom stereocenters. The van der Waals surface area contributed by atoms with Crippen molar-refractivity contribution < 1.29 is 19.4 Å². The highest BCUT2D eigenvalue weighted by atomic mass is 35.5. The lowest BCUT2D eigenvalue weighted by atomic mass is 9.96. The van der Waals surface area contributed by atoms with Crippen molar-refractivity contribution in [1.29, 1.82) is 0 Å². The molecule has 7 heteroatoms. The van der Waals surface area contributed by atoms with Crippen LogP contribution < -0.4 is 0 Å². The minimum Gasteiger partial charge on any atom is -0.503 e. The second kappa shape index (κ2) is 6.75. The minimum absolute atomic E-state index is 0.0576. The molecule has 0 unspecified atom stereocenters. The molecule has 5 nitrogen and oxygen atoms in total. The quantitative estimate of drug-likeness (QED) is 0.882. The zero-order valence-electron chi connectivity index (χ0n) is 13.1. The Kier molecular flexibility index (Phi) is 4.85. The largest absolute Gasteiger partial charge is 0.503 e. The standard InChI is InChI=1S/C17H17Cl2NO4/c1-9(21)14-15(12-5-4-10(18)7-13(12)19)20(17(23)16(14)22)8-11-3-2-6-24-11/h4-5,7,11,15,22H,2-3,6,8H2,1H3/t11-,15+/m0/s1. The lowest BCUT2D eigenvalue weighted by molar-refractivity contribution is -0.131. The molecule has 1 amide bonds. The molecular weight excluding hydrogens is 353 g/mol. The number of benzene rings is 1. The van der Waals surface area contributed by atoms with Crippen LogP contribution in [-0.4, -0.2) is 41.0 Å². The van der Waals surface area contributed by atoms with Gasteiger partial charge in [-0.3, -0.25) is 9.59 Å². The fourth-order valence-electron chi connectivity index (χ4n) is 3.26. The molecule has 0 bridgehead atoms. The molecule has 2 heterocycles. The normalized spacial score (nSPS) is 24.1. The molecule has 3 rings (SSSR count). The Hall–Kier alpha value is -1.56. The van der Waals surface area contributed by atoms with Gasteiger partial charge >= 0.3 is 0 Å². The number of nitrogens with zero attached hydrogens (tertiary/aromatic N) is 1. The van der Waals surface area contributed by atoms with Crippen LogP contribution in [-0.2, 0) is 14.3 Å². The molecule has 128 valence electrons. The number of Topliss-reactive ketones (excluding diaryl/α,β-unsaturated/α-hetero) is 1. The van der Waals surface area contributed by atoms with Gasteiger partial charge < -0.3 is 14.7 Å². The number of hydrogen-bond acceptors (Lipinski definition) is 4. The molecule has 1 aromatic rings. The summed E-state index contributed by atoms with van der Waals surface area (Å²) in [4.78, 5) is 26.0. The third kappa shape index (κ3) is 3.04. The summed E-state index contributed by atoms with van der Waals surface area (Å²) in [5.74, 6) is -1.46. The Morgan fingerprint density at radius 1 is 1.42 bits per heavy atom. The summed E-state index contributed by atoms with van der Waals surface area (Å²) in [6.45, 7) is 2.27. The second-order valence-electron chi connectivity index (χ2n) is 5.98. The number of carbonyl (C=O) groups is 2. The Balaban J connectivity index is 2.03. The molecule has 0 radical (unpaired) electrons. The molecule has 0 aromatic heterocycles. The van der Waals surface area contributed by atoms with Crippen LogP contribution in [0.5, 0.6) is 0 Å². The third-order valence-corrected chi connectivity index (χ3v) is 4.93. The number of rotatable bonds is 4. The Labute approximate surface area is 149 Å². The molecule has 2 aliphatic rings. The van der Waals surface area contributed by atoms with Gasteiger partial charge in [0.05, 0.1) is 17.7 Å². The number of ketones is 1. The van der Waals surface area contributed by atoms with Gasteiger partial charge in [0, 0.05) is 23.2 Å². The zero-order chi connectivity index (χ0) is 17.4. The number of aliphatic hydroxyl groups is 1. The van der Waals surface area contributed by atoms with Crippen LogP contribution in [0.4, 0.5) is 0 Å². The number of ether oxygens (including phenoxy) is 1. The van der Waals surface area contributed by atoms with Crippen molar-refractivity contribution in [2.24, 2.45) is 0 Å². The van der Waals surface area contributed by atoms with Gasteiger partial charge in [-0.2, -0.15) is 0 Å². The molecule has 0 spiro atoms. The molecule has 1 saturated heterocycles. The highest BCUT2D eigenvalue weighted by molar-refractivity contribution is 6.35. The Morgan fingerprint density at radius 3 is 2.75 bits per heavy atom. The first-order valence-corrected chi connectivity index (χ1v) is 8.47. The lowest BCUT2D eigenvalue weighted by Crippen LogP contribution is -2.37. The van der Waals surface area contributed by atoms with Crippen molar-refractivity contribution in [3.05, 3.63) is 45.1 Å². The van der Waals surface area contributed by atoms with Gasteiger partial charge in [-0.25, -0.2) is 0 Å². The molecule has 2 aliphatic heterocycles. The summed E-state index contributed by atoms with van der Waals surface area (Å²) >= 11 is 12.2. The molecular formula is C17H17Cl2NO4. The maximum Gasteiger partial charge on any atom is 0.290 e. The van der Waals surface area contributed by atoms with Gasteiger partial charge in [-0.15, -0.1) is 0 Å². The fraction of sp³-hybridized carbons (Fsp3) is 0.412. The molecule has 0 aliphatic carbocycles. The van der Waals surface area contributed by atoms with E-state index in [1.165, 1.54) is 11.8 Å². The monoisotopic (exact) mass is 369 g/mol. The van der Waals surface area contributed by atoms with Crippen molar-refractivity contribution in [1.82, 2.24) is 4.90 Å². The van der Waals surface area contributed by atoms with E-state index in [-0.39, 0.29) is 17.5 Å². The van der Waals surface area contributed by atoms with E-state index < -0.39 is 17.7 Å². The summed E-state index contributed by atoms with van der Waals surface area (Å²) in [6.07, 6.45) is 1.65. The number of hydrogen-bond donors (Lipinski definition) is 1. The van der Waals surface area contributed by atoms with Gasteiger partial charge in [0.15, 0.2) is 11.5 Å². The van der Waals surface area contributed by atoms with Crippen molar-refractivity contribution in [3.63, 3.8) is 0 Å². The summed E-state index contributed by atoms with van der Waals surface area (Å²) in [6, 6.07) is 4.14. The fourth-order valence-corrected chi connectivity index (χ4v) is 3.77. The maximum absolute atomic E-state index is 12.5. The van der Waals surface area contributed by atoms with Crippen LogP contribution >= 0.6 is 23.2 Å². The Bertz CT molecular complexity index is 725. The average molecular weight is 370 g/mol. The van der Waals surface area contributed by atoms with Gasteiger partial charge in [0.1, 0.15) is 0 Å². The molecule has 24 heavy (non-hydrogen) atoms. The van der Waals surface area contributed by atoms with Crippen LogP contribution in [0, 0.1) is 0 Å². The zero-order valence-corrected chi connectivity index (χ0v) is 14.6. The van der Waals surface area contributed by atoms with E-state index in [4.69, 9.17) is 27.9 Å². The van der Waals surface area contributed by atoms with Crippen molar-refractivity contribution in [2.75, 3.05) is 13.2 Å². The van der Waals surface area contributed by atoms with E-state index in [9.17, 15) is 14.7 Å². The van der Waals surface area contributed by atoms with Crippen LogP contribution in [0.2, 0.25) is 10.0 Å². The van der Waals surface area contributed by atoms with Crippen LogP contribution in [0.25, 0.3) is 0 Å². The highest BCUT2D eigenvalue weighted by Gasteiger charge is 2.44. The number of amides is 1. The topological polar surface area (TPSA) is 66.8 Å². The van der Waals surface area contributed by atoms with E-state index >= 15 is 0 Å². The Morgan fingerprint density at radius 2 is 2.17 bits per heavy atom. The third-order valence-electron chi connectivity index (χ3n) is 4.36. The van der Waals surface area contributed by atoms with Crippen molar-refractivity contribution >= 4 is 34.9 Å². The summed E-state index contributed by atoms with van der Waals surface area (Å²) in [5, 5.41) is 11.0. The van der Waals surface area contributed by atoms with E-state index in [1.54, 1.807) is 18.2 Å². The van der Waals surface area contributed by atoms with Gasteiger partial charge in [0.25, 0.3) is 5.91 Å². The summed E-state index contributed by atoms with van der Waals surface area (Å²) in [7, 11) is 0. The highest BCUT2D eigenvalue weighted by Crippen LogP contribution is 2.41. The predicted molar refractivity (Wildman–Crippen MR) is 90.2 cm³/mol. The van der Waals surface area contributed by atoms with E-state index in [0.29, 0.717) is 28.8 Å². The maximum atomic E-state index is 12.5. The summed E-state index contributed by atoms with van der Waals surface area (Å²) in [5.41, 5.74) is 0.615. The second-order valence-corrected chi connectivity index (χ2v) is 6.82. The van der Waals surface area contributed by atoms with Gasteiger partial charge in [-0.05, 0) is 37.5 Å². The number of aliphatic hydroxyl groups excluding tert-OH is 1.